The first kappa shape index (κ1) is 15.9. The number of carboxylic acid groups (broad SMARTS) is 1. The number of halogens is 2. The molecular weight excluding hydrogens is 319 g/mol. The third-order valence-corrected chi connectivity index (χ3v) is 3.85. The number of nitrogens with two attached hydrogens (primary N) is 1. The second kappa shape index (κ2) is 6.51. The summed E-state index contributed by atoms with van der Waals surface area (Å²) in [4.78, 5) is 24.9. The highest BCUT2D eigenvalue weighted by molar-refractivity contribution is 6.39. The summed E-state index contributed by atoms with van der Waals surface area (Å²) in [5.74, 6) is -1.33. The Morgan fingerprint density at radius 2 is 2.00 bits per heavy atom. The van der Waals surface area contributed by atoms with Gasteiger partial charge in [-0.05, 0) is 12.1 Å². The van der Waals surface area contributed by atoms with Gasteiger partial charge >= 0.3 is 5.97 Å². The van der Waals surface area contributed by atoms with Gasteiger partial charge in [-0.3, -0.25) is 9.59 Å². The molecule has 1 heterocycles. The van der Waals surface area contributed by atoms with Crippen molar-refractivity contribution in [2.45, 2.75) is 12.5 Å². The van der Waals surface area contributed by atoms with Gasteiger partial charge in [0.05, 0.1) is 41.4 Å². The summed E-state index contributed by atoms with van der Waals surface area (Å²) in [5.41, 5.74) is 6.12. The maximum Gasteiger partial charge on any atom is 0.305 e. The summed E-state index contributed by atoms with van der Waals surface area (Å²) >= 11 is 11.8. The van der Waals surface area contributed by atoms with Gasteiger partial charge in [-0.25, -0.2) is 0 Å². The van der Waals surface area contributed by atoms with Crippen LogP contribution in [0.15, 0.2) is 12.1 Å². The van der Waals surface area contributed by atoms with Gasteiger partial charge in [-0.2, -0.15) is 0 Å². The predicted octanol–water partition coefficient (Wildman–Crippen LogP) is 1.89. The van der Waals surface area contributed by atoms with E-state index in [1.165, 1.54) is 17.0 Å². The fraction of sp³-hybridized carbons (Fsp3) is 0.385. The second-order valence-electron chi connectivity index (χ2n) is 4.68. The lowest BCUT2D eigenvalue weighted by Gasteiger charge is -2.35. The molecule has 1 aromatic carbocycles. The standard InChI is InChI=1S/C13H14Cl2N2O4/c14-9-3-7(4-10(15)12(9)16)13(20)17-1-2-21-6-8(17)5-11(18)19/h3-4,8H,1-2,5-6,16H2,(H,18,19). The van der Waals surface area contributed by atoms with Crippen molar-refractivity contribution >= 4 is 40.8 Å². The third-order valence-electron chi connectivity index (χ3n) is 3.22. The van der Waals surface area contributed by atoms with Crippen molar-refractivity contribution < 1.29 is 19.4 Å². The van der Waals surface area contributed by atoms with Gasteiger partial charge in [0.15, 0.2) is 0 Å². The van der Waals surface area contributed by atoms with Gasteiger partial charge in [0.2, 0.25) is 0 Å². The Morgan fingerprint density at radius 3 is 2.57 bits per heavy atom. The van der Waals surface area contributed by atoms with Crippen molar-refractivity contribution in [2.75, 3.05) is 25.5 Å². The number of nitrogen functional groups attached to an aromatic ring is 1. The van der Waals surface area contributed by atoms with Gasteiger partial charge in [-0.1, -0.05) is 23.2 Å². The van der Waals surface area contributed by atoms with Crippen LogP contribution >= 0.6 is 23.2 Å². The maximum atomic E-state index is 12.5. The smallest absolute Gasteiger partial charge is 0.305 e. The molecule has 0 radical (unpaired) electrons. The minimum Gasteiger partial charge on any atom is -0.481 e. The number of morpholine rings is 1. The highest BCUT2D eigenvalue weighted by Gasteiger charge is 2.30. The second-order valence-corrected chi connectivity index (χ2v) is 5.49. The number of hydrogen-bond donors (Lipinski definition) is 2. The molecule has 0 saturated carbocycles. The van der Waals surface area contributed by atoms with Crippen molar-refractivity contribution in [1.29, 1.82) is 0 Å². The predicted molar refractivity (Wildman–Crippen MR) is 78.8 cm³/mol. The van der Waals surface area contributed by atoms with Crippen LogP contribution in [-0.4, -0.2) is 47.7 Å². The Bertz CT molecular complexity index is 556. The summed E-state index contributed by atoms with van der Waals surface area (Å²) in [6.07, 6.45) is -0.178. The van der Waals surface area contributed by atoms with Gasteiger partial charge in [0.25, 0.3) is 5.91 Å². The molecule has 2 rings (SSSR count). The number of carbonyl (C=O) groups is 2. The van der Waals surface area contributed by atoms with E-state index < -0.39 is 12.0 Å². The summed E-state index contributed by atoms with van der Waals surface area (Å²) in [7, 11) is 0. The zero-order valence-corrected chi connectivity index (χ0v) is 12.5. The van der Waals surface area contributed by atoms with E-state index >= 15 is 0 Å². The van der Waals surface area contributed by atoms with Crippen molar-refractivity contribution in [3.8, 4) is 0 Å². The third kappa shape index (κ3) is 3.58. The molecule has 8 heteroatoms. The number of carbonyl (C=O) groups excluding carboxylic acids is 1. The average molecular weight is 333 g/mol. The molecule has 0 aromatic heterocycles. The quantitative estimate of drug-likeness (QED) is 0.824. The molecule has 0 aliphatic carbocycles. The molecule has 114 valence electrons. The minimum atomic E-state index is -0.989. The minimum absolute atomic E-state index is 0.178. The lowest BCUT2D eigenvalue weighted by atomic mass is 10.1. The first-order chi connectivity index (χ1) is 9.90. The molecule has 1 fully saturated rings. The number of benzene rings is 1. The van der Waals surface area contributed by atoms with Crippen molar-refractivity contribution in [3.05, 3.63) is 27.7 Å². The molecule has 0 spiro atoms. The van der Waals surface area contributed by atoms with E-state index in [4.69, 9.17) is 38.8 Å². The van der Waals surface area contributed by atoms with Crippen LogP contribution in [0.4, 0.5) is 5.69 Å². The first-order valence-corrected chi connectivity index (χ1v) is 7.00. The van der Waals surface area contributed by atoms with Crippen molar-refractivity contribution in [3.63, 3.8) is 0 Å². The van der Waals surface area contributed by atoms with E-state index in [1.807, 2.05) is 0 Å². The van der Waals surface area contributed by atoms with Crippen molar-refractivity contribution in [1.82, 2.24) is 4.90 Å². The van der Waals surface area contributed by atoms with Crippen LogP contribution in [0, 0.1) is 0 Å². The molecule has 1 unspecified atom stereocenters. The van der Waals surface area contributed by atoms with Gasteiger partial charge in [-0.15, -0.1) is 0 Å². The lowest BCUT2D eigenvalue weighted by molar-refractivity contribution is -0.139. The zero-order chi connectivity index (χ0) is 15.6. The molecule has 1 aliphatic heterocycles. The number of nitrogens with zero attached hydrogens (tertiary/aromatic N) is 1. The number of hydrogen-bond acceptors (Lipinski definition) is 4. The molecule has 3 N–H and O–H groups in total. The van der Waals surface area contributed by atoms with Crippen LogP contribution in [-0.2, 0) is 9.53 Å². The number of carboxylic acids is 1. The zero-order valence-electron chi connectivity index (χ0n) is 11.0. The maximum absolute atomic E-state index is 12.5. The Kier molecular flexibility index (Phi) is 4.92. The molecule has 1 aliphatic rings. The first-order valence-electron chi connectivity index (χ1n) is 6.25. The topological polar surface area (TPSA) is 92.9 Å². The average Bonchev–Trinajstić information content (AvgIpc) is 2.43. The van der Waals surface area contributed by atoms with Crippen LogP contribution in [0.25, 0.3) is 0 Å². The van der Waals surface area contributed by atoms with E-state index in [-0.39, 0.29) is 40.2 Å². The van der Waals surface area contributed by atoms with Gasteiger partial charge in [0.1, 0.15) is 0 Å². The summed E-state index contributed by atoms with van der Waals surface area (Å²) in [5, 5.41) is 9.29. The number of anilines is 1. The van der Waals surface area contributed by atoms with E-state index in [2.05, 4.69) is 0 Å². The molecule has 6 nitrogen and oxygen atoms in total. The molecule has 1 atom stereocenters. The fourth-order valence-corrected chi connectivity index (χ4v) is 2.65. The van der Waals surface area contributed by atoms with Crippen LogP contribution in [0.5, 0.6) is 0 Å². The molecule has 0 bridgehead atoms. The Hall–Kier alpha value is -1.50. The Morgan fingerprint density at radius 1 is 1.38 bits per heavy atom. The van der Waals surface area contributed by atoms with Crippen LogP contribution in [0.1, 0.15) is 16.8 Å². The van der Waals surface area contributed by atoms with Crippen molar-refractivity contribution in [2.24, 2.45) is 0 Å². The molecule has 1 amide bonds. The molecule has 1 aromatic rings. The summed E-state index contributed by atoms with van der Waals surface area (Å²) in [6.45, 7) is 0.864. The number of amides is 1. The normalized spacial score (nSPS) is 18.6. The lowest BCUT2D eigenvalue weighted by Crippen LogP contribution is -2.49. The Labute approximate surface area is 131 Å². The SMILES string of the molecule is Nc1c(Cl)cc(C(=O)N2CCOCC2CC(=O)O)cc1Cl. The highest BCUT2D eigenvalue weighted by atomic mass is 35.5. The van der Waals surface area contributed by atoms with Crippen LogP contribution in [0.2, 0.25) is 10.0 Å². The van der Waals surface area contributed by atoms with E-state index in [9.17, 15) is 9.59 Å². The summed E-state index contributed by atoms with van der Waals surface area (Å²) < 4.78 is 5.24. The largest absolute Gasteiger partial charge is 0.481 e. The van der Waals surface area contributed by atoms with Crippen LogP contribution < -0.4 is 5.73 Å². The summed E-state index contributed by atoms with van der Waals surface area (Å²) in [6, 6.07) is 2.34. The van der Waals surface area contributed by atoms with Gasteiger partial charge < -0.3 is 20.5 Å². The van der Waals surface area contributed by atoms with Crippen LogP contribution in [0.3, 0.4) is 0 Å². The molecular formula is C13H14Cl2N2O4. The van der Waals surface area contributed by atoms with E-state index in [0.717, 1.165) is 0 Å². The highest BCUT2D eigenvalue weighted by Crippen LogP contribution is 2.30. The number of ether oxygens (including phenoxy) is 1. The fourth-order valence-electron chi connectivity index (χ4n) is 2.17. The number of rotatable bonds is 3. The van der Waals surface area contributed by atoms with E-state index in [1.54, 1.807) is 0 Å². The molecule has 1 saturated heterocycles. The Balaban J connectivity index is 2.26. The number of aliphatic carboxylic acids is 1. The monoisotopic (exact) mass is 332 g/mol. The molecule has 21 heavy (non-hydrogen) atoms. The van der Waals surface area contributed by atoms with E-state index in [0.29, 0.717) is 13.2 Å². The van der Waals surface area contributed by atoms with Gasteiger partial charge in [0, 0.05) is 12.1 Å².